The highest BCUT2D eigenvalue weighted by molar-refractivity contribution is 7.84. The van der Waals surface area contributed by atoms with Crippen LogP contribution in [0.4, 0.5) is 0 Å². The van der Waals surface area contributed by atoms with Gasteiger partial charge in [-0.3, -0.25) is 4.21 Å². The van der Waals surface area contributed by atoms with Crippen molar-refractivity contribution in [2.75, 3.05) is 5.75 Å². The van der Waals surface area contributed by atoms with Crippen molar-refractivity contribution in [1.29, 1.82) is 5.26 Å². The first-order valence-corrected chi connectivity index (χ1v) is 7.32. The molecule has 2 nitrogen and oxygen atoms in total. The van der Waals surface area contributed by atoms with Crippen molar-refractivity contribution in [3.8, 4) is 6.07 Å². The summed E-state index contributed by atoms with van der Waals surface area (Å²) in [6.45, 7) is 3.85. The Bertz CT molecular complexity index is 406. The van der Waals surface area contributed by atoms with Gasteiger partial charge in [-0.2, -0.15) is 5.26 Å². The zero-order chi connectivity index (χ0) is 12.7. The molecule has 0 radical (unpaired) electrons. The van der Waals surface area contributed by atoms with E-state index in [1.807, 2.05) is 44.2 Å². The van der Waals surface area contributed by atoms with Crippen molar-refractivity contribution in [3.05, 3.63) is 35.9 Å². The van der Waals surface area contributed by atoms with Gasteiger partial charge >= 0.3 is 0 Å². The van der Waals surface area contributed by atoms with Crippen molar-refractivity contribution in [1.82, 2.24) is 0 Å². The lowest BCUT2D eigenvalue weighted by Crippen LogP contribution is -2.10. The molecule has 0 aliphatic heterocycles. The fourth-order valence-corrected chi connectivity index (χ4v) is 2.74. The van der Waals surface area contributed by atoms with E-state index in [0.29, 0.717) is 11.5 Å². The molecule has 17 heavy (non-hydrogen) atoms. The van der Waals surface area contributed by atoms with Crippen LogP contribution < -0.4 is 0 Å². The van der Waals surface area contributed by atoms with Gasteiger partial charge in [-0.1, -0.05) is 30.3 Å². The maximum Gasteiger partial charge on any atom is 0.0683 e. The minimum absolute atomic E-state index is 0.295. The number of rotatable bonds is 6. The normalized spacial score (nSPS) is 13.0. The molecule has 1 rings (SSSR count). The Kier molecular flexibility index (Phi) is 5.37. The van der Waals surface area contributed by atoms with E-state index in [1.54, 1.807) is 0 Å². The van der Waals surface area contributed by atoms with Gasteiger partial charge in [0.25, 0.3) is 0 Å². The third-order valence-electron chi connectivity index (χ3n) is 2.65. The minimum atomic E-state index is -0.817. The van der Waals surface area contributed by atoms with Gasteiger partial charge in [0.1, 0.15) is 0 Å². The van der Waals surface area contributed by atoms with Gasteiger partial charge in [-0.15, -0.1) is 0 Å². The van der Waals surface area contributed by atoms with Crippen molar-refractivity contribution >= 4 is 10.8 Å². The molecular formula is C14H19NOS. The summed E-state index contributed by atoms with van der Waals surface area (Å²) in [5.74, 6) is 1.30. The molecule has 0 spiro atoms. The number of benzene rings is 1. The molecule has 1 aromatic carbocycles. The Morgan fingerprint density at radius 2 is 1.94 bits per heavy atom. The van der Waals surface area contributed by atoms with Crippen LogP contribution in [0.15, 0.2) is 30.3 Å². The minimum Gasteiger partial charge on any atom is -0.259 e. The van der Waals surface area contributed by atoms with Gasteiger partial charge in [-0.25, -0.2) is 0 Å². The summed E-state index contributed by atoms with van der Waals surface area (Å²) in [5, 5.41) is 8.87. The van der Waals surface area contributed by atoms with Crippen LogP contribution >= 0.6 is 0 Å². The molecule has 0 bridgehead atoms. The number of hydrogen-bond donors (Lipinski definition) is 0. The highest BCUT2D eigenvalue weighted by Crippen LogP contribution is 2.20. The Labute approximate surface area is 106 Å². The Morgan fingerprint density at radius 1 is 1.29 bits per heavy atom. The van der Waals surface area contributed by atoms with E-state index in [0.717, 1.165) is 18.4 Å². The van der Waals surface area contributed by atoms with Gasteiger partial charge in [0, 0.05) is 22.3 Å². The predicted octanol–water partition coefficient (Wildman–Crippen LogP) is 3.27. The number of nitrogens with zero attached hydrogens (tertiary/aromatic N) is 1. The summed E-state index contributed by atoms with van der Waals surface area (Å²) < 4.78 is 11.8. The van der Waals surface area contributed by atoms with Crippen LogP contribution in [-0.4, -0.2) is 9.96 Å². The van der Waals surface area contributed by atoms with E-state index < -0.39 is 10.8 Å². The molecule has 0 heterocycles. The lowest BCUT2D eigenvalue weighted by Gasteiger charge is -2.13. The molecule has 1 unspecified atom stereocenters. The van der Waals surface area contributed by atoms with E-state index in [4.69, 9.17) is 5.26 Å². The molecular weight excluding hydrogens is 230 g/mol. The van der Waals surface area contributed by atoms with Crippen LogP contribution in [0.3, 0.4) is 0 Å². The Balaban J connectivity index is 2.30. The van der Waals surface area contributed by atoms with Crippen LogP contribution in [0.25, 0.3) is 0 Å². The maximum absolute atomic E-state index is 11.8. The van der Waals surface area contributed by atoms with E-state index >= 15 is 0 Å². The van der Waals surface area contributed by atoms with E-state index in [-0.39, 0.29) is 5.41 Å². The number of nitriles is 1. The molecule has 0 aliphatic rings. The molecule has 0 N–H and O–H groups in total. The van der Waals surface area contributed by atoms with Gasteiger partial charge in [0.2, 0.25) is 0 Å². The summed E-state index contributed by atoms with van der Waals surface area (Å²) in [6.07, 6.45) is 1.66. The molecule has 3 heteroatoms. The average molecular weight is 249 g/mol. The SMILES string of the molecule is CC(C)(C#N)CCCS(=O)Cc1ccccc1. The molecule has 0 aromatic heterocycles. The highest BCUT2D eigenvalue weighted by Gasteiger charge is 2.16. The van der Waals surface area contributed by atoms with Gasteiger partial charge in [0.05, 0.1) is 11.5 Å². The standard InChI is InChI=1S/C14H19NOS/c1-14(2,12-15)9-6-10-17(16)11-13-7-4-3-5-8-13/h3-5,7-8H,6,9-11H2,1-2H3. The molecule has 0 fully saturated rings. The maximum atomic E-state index is 11.8. The summed E-state index contributed by atoms with van der Waals surface area (Å²) in [5.41, 5.74) is 0.821. The fourth-order valence-electron chi connectivity index (χ4n) is 1.56. The van der Waals surface area contributed by atoms with Crippen molar-refractivity contribution in [3.63, 3.8) is 0 Å². The second-order valence-corrected chi connectivity index (χ2v) is 6.45. The summed E-state index contributed by atoms with van der Waals surface area (Å²) in [6, 6.07) is 12.1. The second-order valence-electron chi connectivity index (χ2n) is 4.87. The highest BCUT2D eigenvalue weighted by atomic mass is 32.2. The summed E-state index contributed by atoms with van der Waals surface area (Å²) >= 11 is 0. The largest absolute Gasteiger partial charge is 0.259 e. The molecule has 92 valence electrons. The monoisotopic (exact) mass is 249 g/mol. The summed E-state index contributed by atoms with van der Waals surface area (Å²) in [4.78, 5) is 0. The molecule has 0 saturated heterocycles. The van der Waals surface area contributed by atoms with E-state index in [2.05, 4.69) is 6.07 Å². The zero-order valence-electron chi connectivity index (χ0n) is 10.5. The first-order chi connectivity index (χ1) is 8.03. The smallest absolute Gasteiger partial charge is 0.0683 e. The molecule has 0 saturated carbocycles. The van der Waals surface area contributed by atoms with Gasteiger partial charge in [-0.05, 0) is 32.3 Å². The molecule has 0 aliphatic carbocycles. The lowest BCUT2D eigenvalue weighted by molar-refractivity contribution is 0.447. The second kappa shape index (κ2) is 6.56. The topological polar surface area (TPSA) is 40.9 Å². The van der Waals surface area contributed by atoms with Crippen molar-refractivity contribution in [2.24, 2.45) is 5.41 Å². The zero-order valence-corrected chi connectivity index (χ0v) is 11.3. The van der Waals surface area contributed by atoms with Crippen LogP contribution in [-0.2, 0) is 16.6 Å². The average Bonchev–Trinajstić information content (AvgIpc) is 2.30. The number of hydrogen-bond acceptors (Lipinski definition) is 2. The Hall–Kier alpha value is -1.14. The van der Waals surface area contributed by atoms with Crippen LogP contribution in [0.2, 0.25) is 0 Å². The fraction of sp³-hybridized carbons (Fsp3) is 0.500. The predicted molar refractivity (Wildman–Crippen MR) is 71.8 cm³/mol. The van der Waals surface area contributed by atoms with Crippen molar-refractivity contribution in [2.45, 2.75) is 32.4 Å². The third-order valence-corrected chi connectivity index (χ3v) is 4.05. The van der Waals surface area contributed by atoms with Crippen LogP contribution in [0.1, 0.15) is 32.3 Å². The van der Waals surface area contributed by atoms with Crippen LogP contribution in [0, 0.1) is 16.7 Å². The first-order valence-electron chi connectivity index (χ1n) is 5.84. The molecule has 1 aromatic rings. The molecule has 0 amide bonds. The lowest BCUT2D eigenvalue weighted by atomic mass is 9.90. The van der Waals surface area contributed by atoms with Gasteiger partial charge < -0.3 is 0 Å². The third kappa shape index (κ3) is 5.65. The quantitative estimate of drug-likeness (QED) is 0.776. The van der Waals surface area contributed by atoms with Gasteiger partial charge in [0.15, 0.2) is 0 Å². The van der Waals surface area contributed by atoms with Crippen LogP contribution in [0.5, 0.6) is 0 Å². The van der Waals surface area contributed by atoms with Crippen molar-refractivity contribution < 1.29 is 4.21 Å². The van der Waals surface area contributed by atoms with E-state index in [1.165, 1.54) is 0 Å². The summed E-state index contributed by atoms with van der Waals surface area (Å²) in [7, 11) is -0.817. The Morgan fingerprint density at radius 3 is 2.53 bits per heavy atom. The molecule has 1 atom stereocenters. The van der Waals surface area contributed by atoms with E-state index in [9.17, 15) is 4.21 Å². The first kappa shape index (κ1) is 13.9.